The summed E-state index contributed by atoms with van der Waals surface area (Å²) in [5.74, 6) is 0.0465. The Morgan fingerprint density at radius 3 is 2.95 bits per heavy atom. The van der Waals surface area contributed by atoms with Gasteiger partial charge in [-0.3, -0.25) is 5.32 Å². The van der Waals surface area contributed by atoms with Crippen LogP contribution in [0.25, 0.3) is 36.7 Å². The molecule has 194 valence electrons. The lowest BCUT2D eigenvalue weighted by Gasteiger charge is -2.12. The van der Waals surface area contributed by atoms with Crippen LogP contribution in [0.15, 0.2) is 48.7 Å². The van der Waals surface area contributed by atoms with Crippen LogP contribution < -0.4 is 14.8 Å². The number of halogens is 1. The molecule has 1 aliphatic heterocycles. The van der Waals surface area contributed by atoms with Crippen LogP contribution in [0.5, 0.6) is 11.6 Å². The summed E-state index contributed by atoms with van der Waals surface area (Å²) in [6.07, 6.45) is 0.676. The highest BCUT2D eigenvalue weighted by Crippen LogP contribution is 2.43. The first-order chi connectivity index (χ1) is 18.9. The average molecular weight is 542 g/mol. The van der Waals surface area contributed by atoms with Gasteiger partial charge in [0.1, 0.15) is 17.7 Å². The van der Waals surface area contributed by atoms with E-state index < -0.39 is 18.0 Å². The molecule has 1 N–H and O–H groups in total. The van der Waals surface area contributed by atoms with Crippen molar-refractivity contribution < 1.29 is 23.4 Å². The van der Waals surface area contributed by atoms with Gasteiger partial charge in [-0.15, -0.1) is 11.3 Å². The number of benzene rings is 3. The van der Waals surface area contributed by atoms with Gasteiger partial charge in [0.2, 0.25) is 5.88 Å². The van der Waals surface area contributed by atoms with Crippen LogP contribution in [0.2, 0.25) is 0 Å². The average Bonchev–Trinajstić information content (AvgIpc) is 3.56. The van der Waals surface area contributed by atoms with Gasteiger partial charge >= 0.3 is 6.09 Å². The van der Waals surface area contributed by atoms with E-state index in [0.29, 0.717) is 50.8 Å². The monoisotopic (exact) mass is 541 g/mol. The maximum Gasteiger partial charge on any atom is 0.411 e. The van der Waals surface area contributed by atoms with Crippen LogP contribution in [-0.4, -0.2) is 40.9 Å². The molecule has 0 saturated carbocycles. The van der Waals surface area contributed by atoms with Crippen molar-refractivity contribution >= 4 is 50.1 Å². The van der Waals surface area contributed by atoms with E-state index in [0.717, 1.165) is 15.8 Å². The minimum atomic E-state index is -0.688. The summed E-state index contributed by atoms with van der Waals surface area (Å²) in [6.45, 7) is 8.97. The first-order valence-electron chi connectivity index (χ1n) is 11.9. The first kappa shape index (κ1) is 24.5. The van der Waals surface area contributed by atoms with Crippen LogP contribution in [0.1, 0.15) is 11.1 Å². The lowest BCUT2D eigenvalue weighted by molar-refractivity contribution is 0.100. The maximum atomic E-state index is 15.0. The minimum Gasteiger partial charge on any atom is -0.483 e. The molecule has 9 nitrogen and oxygen atoms in total. The summed E-state index contributed by atoms with van der Waals surface area (Å²) in [4.78, 5) is 29.4. The summed E-state index contributed by atoms with van der Waals surface area (Å²) in [5.41, 5.74) is 5.19. The number of aryl methyl sites for hydroxylation is 1. The maximum absolute atomic E-state index is 15.0. The van der Waals surface area contributed by atoms with Gasteiger partial charge in [0.05, 0.1) is 41.1 Å². The van der Waals surface area contributed by atoms with E-state index in [1.165, 1.54) is 24.5 Å². The number of hydrogen-bond donors (Lipinski definition) is 1. The van der Waals surface area contributed by atoms with E-state index in [1.54, 1.807) is 30.5 Å². The van der Waals surface area contributed by atoms with Crippen LogP contribution in [0.4, 0.5) is 20.6 Å². The number of ether oxygens (including phenoxy) is 3. The number of hydrogen-bond acceptors (Lipinski definition) is 8. The van der Waals surface area contributed by atoms with Crippen molar-refractivity contribution in [1.82, 2.24) is 15.0 Å². The molecule has 0 unspecified atom stereocenters. The Morgan fingerprint density at radius 1 is 1.26 bits per heavy atom. The Kier molecular flexibility index (Phi) is 6.17. The van der Waals surface area contributed by atoms with Gasteiger partial charge in [-0.1, -0.05) is 12.1 Å². The number of methoxy groups -OCH3 is 1. The molecule has 1 aliphatic rings. The third kappa shape index (κ3) is 4.66. The predicted octanol–water partition coefficient (Wildman–Crippen LogP) is 6.47. The van der Waals surface area contributed by atoms with Crippen LogP contribution in [0.3, 0.4) is 0 Å². The van der Waals surface area contributed by atoms with Crippen molar-refractivity contribution in [2.75, 3.05) is 19.0 Å². The van der Waals surface area contributed by atoms with Crippen molar-refractivity contribution in [3.05, 3.63) is 77.0 Å². The number of thiazole rings is 1. The van der Waals surface area contributed by atoms with Gasteiger partial charge in [-0.2, -0.15) is 0 Å². The van der Waals surface area contributed by atoms with Gasteiger partial charge < -0.3 is 14.2 Å². The highest BCUT2D eigenvalue weighted by atomic mass is 32.1. The van der Waals surface area contributed by atoms with E-state index in [4.69, 9.17) is 25.8 Å². The van der Waals surface area contributed by atoms with Gasteiger partial charge in [-0.25, -0.2) is 29.0 Å². The third-order valence-corrected chi connectivity index (χ3v) is 7.39. The number of rotatable bonds is 5. The number of fused-ring (bicyclic) bond motifs is 4. The van der Waals surface area contributed by atoms with Crippen LogP contribution >= 0.6 is 11.3 Å². The molecule has 39 heavy (non-hydrogen) atoms. The van der Waals surface area contributed by atoms with Crippen LogP contribution in [-0.2, 0) is 11.2 Å². The second kappa shape index (κ2) is 9.81. The zero-order valence-corrected chi connectivity index (χ0v) is 21.6. The molecule has 3 heterocycles. The van der Waals surface area contributed by atoms with E-state index in [2.05, 4.69) is 20.1 Å². The first-order valence-corrected chi connectivity index (χ1v) is 12.7. The van der Waals surface area contributed by atoms with Crippen molar-refractivity contribution in [2.24, 2.45) is 0 Å². The third-order valence-electron chi connectivity index (χ3n) is 6.23. The summed E-state index contributed by atoms with van der Waals surface area (Å²) < 4.78 is 32.2. The van der Waals surface area contributed by atoms with E-state index in [1.807, 2.05) is 19.1 Å². The molecule has 1 amide bonds. The molecule has 0 saturated heterocycles. The molecule has 3 aromatic carbocycles. The van der Waals surface area contributed by atoms with Crippen molar-refractivity contribution in [1.29, 1.82) is 0 Å². The smallest absolute Gasteiger partial charge is 0.411 e. The molecular weight excluding hydrogens is 521 g/mol. The molecular formula is C28H20FN5O4S. The van der Waals surface area contributed by atoms with Crippen LogP contribution in [0, 0.1) is 19.3 Å². The molecule has 0 radical (unpaired) electrons. The number of anilines is 1. The largest absolute Gasteiger partial charge is 0.483 e. The number of carbonyl (C=O) groups excluding carboxylic acids is 1. The zero-order valence-electron chi connectivity index (χ0n) is 20.8. The number of nitrogens with zero attached hydrogens (tertiary/aromatic N) is 4. The molecule has 0 fully saturated rings. The molecule has 1 atom stereocenters. The second-order valence-corrected chi connectivity index (χ2v) is 9.95. The molecule has 6 rings (SSSR count). The highest BCUT2D eigenvalue weighted by Gasteiger charge is 2.31. The Balaban J connectivity index is 1.24. The minimum absolute atomic E-state index is 0.0739. The lowest BCUT2D eigenvalue weighted by atomic mass is 10.1. The summed E-state index contributed by atoms with van der Waals surface area (Å²) >= 11 is 1.43. The highest BCUT2D eigenvalue weighted by molar-refractivity contribution is 7.22. The van der Waals surface area contributed by atoms with Gasteiger partial charge in [0.15, 0.2) is 17.3 Å². The molecule has 11 heteroatoms. The molecule has 2 aromatic heterocycles. The Morgan fingerprint density at radius 2 is 2.13 bits per heavy atom. The quantitative estimate of drug-likeness (QED) is 0.255. The lowest BCUT2D eigenvalue weighted by Crippen LogP contribution is -2.25. The standard InChI is InChI=1S/C28H20FN5O4S/c1-14-7-18(24-21(8-14)33-23(36-3)12-31-24)27-34-22-11-20(29)25-19(26(22)39-27)10-17(38-25)13-37-28(35)32-16-6-4-5-15(9-16)30-2/h4-9,11-12,17H,10,13H2,1,3H3,(H,32,35)/t17-/m1/s1. The molecule has 0 spiro atoms. The number of carbonyl (C=O) groups is 1. The van der Waals surface area contributed by atoms with Crippen molar-refractivity contribution in [3.63, 3.8) is 0 Å². The fourth-order valence-electron chi connectivity index (χ4n) is 4.52. The van der Waals surface area contributed by atoms with E-state index >= 15 is 4.39 Å². The number of aromatic nitrogens is 3. The SMILES string of the molecule is [C-]#[N+]c1cccc(NC(=O)OC[C@H]2Cc3c(c(F)cc4nc(-c5cc(C)cc6nc(OC)cnc56)sc34)O2)c1. The Bertz CT molecular complexity index is 1820. The van der Waals surface area contributed by atoms with Gasteiger partial charge in [0, 0.05) is 29.3 Å². The molecule has 5 aromatic rings. The Labute approximate surface area is 226 Å². The summed E-state index contributed by atoms with van der Waals surface area (Å²) in [7, 11) is 1.54. The second-order valence-electron chi connectivity index (χ2n) is 8.96. The summed E-state index contributed by atoms with van der Waals surface area (Å²) in [6, 6.07) is 11.8. The van der Waals surface area contributed by atoms with E-state index in [9.17, 15) is 4.79 Å². The zero-order chi connectivity index (χ0) is 27.1. The summed E-state index contributed by atoms with van der Waals surface area (Å²) in [5, 5.41) is 3.28. The van der Waals surface area contributed by atoms with E-state index in [-0.39, 0.29) is 12.4 Å². The van der Waals surface area contributed by atoms with Crippen molar-refractivity contribution in [2.45, 2.75) is 19.4 Å². The molecule has 0 bridgehead atoms. The molecule has 0 aliphatic carbocycles. The normalized spacial score (nSPS) is 14.1. The topological polar surface area (TPSA) is 99.8 Å². The number of nitrogens with one attached hydrogen (secondary N) is 1. The fraction of sp³-hybridized carbons (Fsp3) is 0.179. The predicted molar refractivity (Wildman–Crippen MR) is 145 cm³/mol. The number of amides is 1. The van der Waals surface area contributed by atoms with Gasteiger partial charge in [-0.05, 0) is 36.8 Å². The fourth-order valence-corrected chi connectivity index (χ4v) is 5.63. The van der Waals surface area contributed by atoms with Gasteiger partial charge in [0.25, 0.3) is 0 Å². The Hall–Kier alpha value is -4.82. The van der Waals surface area contributed by atoms with Crippen molar-refractivity contribution in [3.8, 4) is 22.2 Å².